The average molecular weight is 356 g/mol. The molecule has 0 unspecified atom stereocenters. The Kier molecular flexibility index (Phi) is 4.73. The number of fused-ring (bicyclic) bond motifs is 1. The molecule has 2 heterocycles. The van der Waals surface area contributed by atoms with Crippen molar-refractivity contribution in [2.45, 2.75) is 6.92 Å². The van der Waals surface area contributed by atoms with Crippen molar-refractivity contribution in [3.05, 3.63) is 59.6 Å². The lowest BCUT2D eigenvalue weighted by Crippen LogP contribution is -2.38. The fourth-order valence-electron chi connectivity index (χ4n) is 2.28. The van der Waals surface area contributed by atoms with Crippen LogP contribution in [0.2, 0.25) is 0 Å². The number of para-hydroxylation sites is 1. The van der Waals surface area contributed by atoms with Crippen LogP contribution >= 0.6 is 23.6 Å². The Morgan fingerprint density at radius 2 is 2.17 bits per heavy atom. The van der Waals surface area contributed by atoms with Gasteiger partial charge in [-0.25, -0.2) is 4.68 Å². The minimum atomic E-state index is -0.225. The third-order valence-electron chi connectivity index (χ3n) is 3.40. The molecule has 0 aliphatic rings. The first kappa shape index (κ1) is 16.4. The molecule has 24 heavy (non-hydrogen) atoms. The van der Waals surface area contributed by atoms with E-state index in [0.717, 1.165) is 21.6 Å². The van der Waals surface area contributed by atoms with E-state index >= 15 is 0 Å². The predicted octanol–water partition coefficient (Wildman–Crippen LogP) is 3.19. The zero-order valence-electron chi connectivity index (χ0n) is 13.1. The van der Waals surface area contributed by atoms with Gasteiger partial charge >= 0.3 is 0 Å². The summed E-state index contributed by atoms with van der Waals surface area (Å²) in [5.74, 6) is -0.225. The Balaban J connectivity index is 1.90. The second-order valence-corrected chi connectivity index (χ2v) is 6.55. The zero-order chi connectivity index (χ0) is 17.1. The third-order valence-corrected chi connectivity index (χ3v) is 4.76. The van der Waals surface area contributed by atoms with Gasteiger partial charge in [0.2, 0.25) is 0 Å². The van der Waals surface area contributed by atoms with E-state index in [4.69, 9.17) is 12.2 Å². The number of amides is 1. The number of benzene rings is 1. The van der Waals surface area contributed by atoms with E-state index in [9.17, 15) is 4.79 Å². The number of nitrogens with zero attached hydrogens (tertiary/aromatic N) is 2. The minimum absolute atomic E-state index is 0.225. The smallest absolute Gasteiger partial charge is 0.267 e. The molecule has 7 heteroatoms. The molecule has 0 radical (unpaired) electrons. The van der Waals surface area contributed by atoms with Crippen molar-refractivity contribution >= 4 is 44.8 Å². The molecule has 0 fully saturated rings. The fourth-order valence-corrected chi connectivity index (χ4v) is 3.53. The van der Waals surface area contributed by atoms with Crippen molar-refractivity contribution in [2.75, 3.05) is 6.54 Å². The maximum atomic E-state index is 12.4. The van der Waals surface area contributed by atoms with Crippen LogP contribution in [0.15, 0.2) is 49.1 Å². The van der Waals surface area contributed by atoms with Gasteiger partial charge in [-0.05, 0) is 37.3 Å². The van der Waals surface area contributed by atoms with Crippen molar-refractivity contribution in [1.29, 1.82) is 0 Å². The van der Waals surface area contributed by atoms with Crippen LogP contribution in [0.25, 0.3) is 15.9 Å². The number of rotatable bonds is 4. The second-order valence-electron chi connectivity index (χ2n) is 5.12. The SMILES string of the molecule is C=CCNC(=S)NC(=O)c1cc2c(C)nn(-c3ccccc3)c2s1. The molecule has 2 aromatic heterocycles. The van der Waals surface area contributed by atoms with E-state index in [2.05, 4.69) is 22.3 Å². The Bertz CT molecular complexity index is 911. The number of aromatic nitrogens is 2. The molecule has 0 saturated heterocycles. The standard InChI is InChI=1S/C17H16N4OS2/c1-3-9-18-17(23)19-15(22)14-10-13-11(2)20-21(16(13)24-14)12-7-5-4-6-8-12/h3-8,10H,1,9H2,2H3,(H2,18,19,22,23). The molecule has 0 aliphatic carbocycles. The molecule has 0 atom stereocenters. The number of hydrogen-bond acceptors (Lipinski definition) is 4. The van der Waals surface area contributed by atoms with Crippen molar-refractivity contribution in [2.24, 2.45) is 0 Å². The molecule has 3 rings (SSSR count). The number of carbonyl (C=O) groups is 1. The molecule has 1 aromatic carbocycles. The van der Waals surface area contributed by atoms with E-state index in [-0.39, 0.29) is 5.91 Å². The molecule has 2 N–H and O–H groups in total. The van der Waals surface area contributed by atoms with Gasteiger partial charge in [-0.15, -0.1) is 17.9 Å². The molecule has 1 amide bonds. The van der Waals surface area contributed by atoms with Crippen molar-refractivity contribution in [1.82, 2.24) is 20.4 Å². The maximum Gasteiger partial charge on any atom is 0.267 e. The van der Waals surface area contributed by atoms with Gasteiger partial charge in [-0.1, -0.05) is 24.3 Å². The van der Waals surface area contributed by atoms with Gasteiger partial charge in [-0.3, -0.25) is 10.1 Å². The van der Waals surface area contributed by atoms with E-state index in [0.29, 0.717) is 16.5 Å². The Labute approximate surface area is 149 Å². The number of thiophene rings is 1. The van der Waals surface area contributed by atoms with Crippen LogP contribution in [0, 0.1) is 6.92 Å². The van der Waals surface area contributed by atoms with Crippen molar-refractivity contribution in [3.8, 4) is 5.69 Å². The van der Waals surface area contributed by atoms with E-state index < -0.39 is 0 Å². The number of carbonyl (C=O) groups excluding carboxylic acids is 1. The first-order valence-electron chi connectivity index (χ1n) is 7.35. The average Bonchev–Trinajstić information content (AvgIpc) is 3.15. The number of nitrogens with one attached hydrogen (secondary N) is 2. The highest BCUT2D eigenvalue weighted by Crippen LogP contribution is 2.30. The normalized spacial score (nSPS) is 10.5. The first-order valence-corrected chi connectivity index (χ1v) is 8.57. The largest absolute Gasteiger partial charge is 0.359 e. The zero-order valence-corrected chi connectivity index (χ0v) is 14.7. The molecular weight excluding hydrogens is 340 g/mol. The lowest BCUT2D eigenvalue weighted by Gasteiger charge is -2.06. The molecule has 3 aromatic rings. The summed E-state index contributed by atoms with van der Waals surface area (Å²) in [5.41, 5.74) is 1.85. The molecule has 0 spiro atoms. The summed E-state index contributed by atoms with van der Waals surface area (Å²) in [6, 6.07) is 11.7. The highest BCUT2D eigenvalue weighted by molar-refractivity contribution is 7.80. The topological polar surface area (TPSA) is 58.9 Å². The minimum Gasteiger partial charge on any atom is -0.359 e. The lowest BCUT2D eigenvalue weighted by molar-refractivity contribution is 0.0981. The molecule has 0 saturated carbocycles. The van der Waals surface area contributed by atoms with Gasteiger partial charge in [0.25, 0.3) is 5.91 Å². The summed E-state index contributed by atoms with van der Waals surface area (Å²) < 4.78 is 1.86. The summed E-state index contributed by atoms with van der Waals surface area (Å²) >= 11 is 6.47. The van der Waals surface area contributed by atoms with Crippen molar-refractivity contribution < 1.29 is 4.79 Å². The van der Waals surface area contributed by atoms with Crippen LogP contribution in [-0.2, 0) is 0 Å². The Morgan fingerprint density at radius 1 is 1.42 bits per heavy atom. The van der Waals surface area contributed by atoms with Crippen LogP contribution < -0.4 is 10.6 Å². The predicted molar refractivity (Wildman–Crippen MR) is 102 cm³/mol. The highest BCUT2D eigenvalue weighted by atomic mass is 32.1. The van der Waals surface area contributed by atoms with Crippen LogP contribution in [0.5, 0.6) is 0 Å². The summed E-state index contributed by atoms with van der Waals surface area (Å²) in [6.07, 6.45) is 1.68. The fraction of sp³-hybridized carbons (Fsp3) is 0.118. The molecule has 5 nitrogen and oxygen atoms in total. The molecule has 122 valence electrons. The summed E-state index contributed by atoms with van der Waals surface area (Å²) in [6.45, 7) is 6.04. The van der Waals surface area contributed by atoms with Crippen LogP contribution in [0.3, 0.4) is 0 Å². The summed E-state index contributed by atoms with van der Waals surface area (Å²) in [7, 11) is 0. The molecular formula is C17H16N4OS2. The number of hydrogen-bond donors (Lipinski definition) is 2. The van der Waals surface area contributed by atoms with Crippen LogP contribution in [0.1, 0.15) is 15.4 Å². The van der Waals surface area contributed by atoms with E-state index in [1.165, 1.54) is 11.3 Å². The van der Waals surface area contributed by atoms with Gasteiger partial charge in [0.15, 0.2) is 5.11 Å². The van der Waals surface area contributed by atoms with Crippen LogP contribution in [0.4, 0.5) is 0 Å². The summed E-state index contributed by atoms with van der Waals surface area (Å²) in [4.78, 5) is 13.9. The number of aryl methyl sites for hydroxylation is 1. The van der Waals surface area contributed by atoms with E-state index in [1.54, 1.807) is 6.08 Å². The van der Waals surface area contributed by atoms with Crippen molar-refractivity contribution in [3.63, 3.8) is 0 Å². The highest BCUT2D eigenvalue weighted by Gasteiger charge is 2.17. The van der Waals surface area contributed by atoms with Gasteiger partial charge in [-0.2, -0.15) is 5.10 Å². The van der Waals surface area contributed by atoms with Gasteiger partial charge in [0, 0.05) is 11.9 Å². The maximum absolute atomic E-state index is 12.4. The molecule has 0 bridgehead atoms. The molecule has 0 aliphatic heterocycles. The monoisotopic (exact) mass is 356 g/mol. The lowest BCUT2D eigenvalue weighted by atomic mass is 10.3. The van der Waals surface area contributed by atoms with Gasteiger partial charge in [0.1, 0.15) is 4.83 Å². The van der Waals surface area contributed by atoms with Crippen LogP contribution in [-0.4, -0.2) is 27.3 Å². The first-order chi connectivity index (χ1) is 11.6. The quantitative estimate of drug-likeness (QED) is 0.557. The number of thiocarbonyl (C=S) groups is 1. The Hall–Kier alpha value is -2.51. The summed E-state index contributed by atoms with van der Waals surface area (Å²) in [5, 5.41) is 11.4. The third kappa shape index (κ3) is 3.22. The van der Waals surface area contributed by atoms with Gasteiger partial charge < -0.3 is 5.32 Å². The van der Waals surface area contributed by atoms with Gasteiger partial charge in [0.05, 0.1) is 16.3 Å². The Morgan fingerprint density at radius 3 is 2.88 bits per heavy atom. The second kappa shape index (κ2) is 6.94. The van der Waals surface area contributed by atoms with E-state index in [1.807, 2.05) is 48.0 Å².